The number of aliphatic hydroxyl groups excluding tert-OH is 1. The van der Waals surface area contributed by atoms with Crippen molar-refractivity contribution in [3.05, 3.63) is 23.3 Å². The van der Waals surface area contributed by atoms with Gasteiger partial charge in [-0.3, -0.25) is 0 Å². The molecule has 0 spiro atoms. The first kappa shape index (κ1) is 9.11. The molecular weight excluding hydrogens is 183 g/mol. The lowest BCUT2D eigenvalue weighted by atomic mass is 9.90. The summed E-state index contributed by atoms with van der Waals surface area (Å²) in [6, 6.07) is 0. The minimum Gasteiger partial charge on any atom is -0.396 e. The molecule has 3 heteroatoms. The third kappa shape index (κ3) is 1.98. The molecule has 0 saturated carbocycles. The zero-order valence-electron chi connectivity index (χ0n) is 6.22. The van der Waals surface area contributed by atoms with Crippen molar-refractivity contribution in [2.45, 2.75) is 11.8 Å². The number of alkyl halides is 1. The van der Waals surface area contributed by atoms with Crippen molar-refractivity contribution in [2.24, 2.45) is 5.92 Å². The van der Waals surface area contributed by atoms with Crippen LogP contribution in [0.25, 0.3) is 0 Å². The summed E-state index contributed by atoms with van der Waals surface area (Å²) in [5, 5.41) is 9.56. The Bertz CT molecular complexity index is 206. The SMILES string of the molecule is C[C@@]1(Cl)C=CC(Cl)=C[C@H]1CO. The Hall–Kier alpha value is 0.0200. The van der Waals surface area contributed by atoms with Crippen LogP contribution >= 0.6 is 23.2 Å². The summed E-state index contributed by atoms with van der Waals surface area (Å²) < 4.78 is 0. The Labute approximate surface area is 76.3 Å². The molecule has 1 aliphatic rings. The molecule has 0 aromatic rings. The van der Waals surface area contributed by atoms with E-state index >= 15 is 0 Å². The first-order valence-electron chi connectivity index (χ1n) is 3.42. The highest BCUT2D eigenvalue weighted by Crippen LogP contribution is 2.33. The molecular formula is C8H10Cl2O. The van der Waals surface area contributed by atoms with E-state index in [1.54, 1.807) is 18.2 Å². The van der Waals surface area contributed by atoms with Crippen molar-refractivity contribution in [3.63, 3.8) is 0 Å². The Morgan fingerprint density at radius 1 is 1.73 bits per heavy atom. The molecule has 0 unspecified atom stereocenters. The van der Waals surface area contributed by atoms with Crippen molar-refractivity contribution < 1.29 is 5.11 Å². The van der Waals surface area contributed by atoms with Gasteiger partial charge in [-0.05, 0) is 13.0 Å². The van der Waals surface area contributed by atoms with Crippen molar-refractivity contribution in [2.75, 3.05) is 6.61 Å². The largest absolute Gasteiger partial charge is 0.396 e. The molecule has 0 aliphatic heterocycles. The number of rotatable bonds is 1. The van der Waals surface area contributed by atoms with Gasteiger partial charge in [0.15, 0.2) is 0 Å². The van der Waals surface area contributed by atoms with Crippen molar-refractivity contribution >= 4 is 23.2 Å². The van der Waals surface area contributed by atoms with Crippen LogP contribution in [0.2, 0.25) is 0 Å². The summed E-state index contributed by atoms with van der Waals surface area (Å²) in [6.45, 7) is 1.88. The van der Waals surface area contributed by atoms with E-state index in [1.165, 1.54) is 0 Å². The second kappa shape index (κ2) is 3.18. The van der Waals surface area contributed by atoms with E-state index in [0.717, 1.165) is 0 Å². The molecule has 0 aromatic heterocycles. The minimum atomic E-state index is -0.493. The van der Waals surface area contributed by atoms with Gasteiger partial charge >= 0.3 is 0 Å². The summed E-state index contributed by atoms with van der Waals surface area (Å²) in [7, 11) is 0. The predicted octanol–water partition coefficient (Wildman–Crippen LogP) is 2.28. The molecule has 0 radical (unpaired) electrons. The maximum absolute atomic E-state index is 8.92. The predicted molar refractivity (Wildman–Crippen MR) is 47.9 cm³/mol. The van der Waals surface area contributed by atoms with Gasteiger partial charge in [-0.2, -0.15) is 0 Å². The normalized spacial score (nSPS) is 37.1. The van der Waals surface area contributed by atoms with Gasteiger partial charge in [0.05, 0.1) is 11.5 Å². The van der Waals surface area contributed by atoms with E-state index in [1.807, 2.05) is 6.92 Å². The van der Waals surface area contributed by atoms with E-state index < -0.39 is 4.87 Å². The quantitative estimate of drug-likeness (QED) is 0.633. The smallest absolute Gasteiger partial charge is 0.0686 e. The van der Waals surface area contributed by atoms with Crippen molar-refractivity contribution in [1.82, 2.24) is 0 Å². The van der Waals surface area contributed by atoms with Crippen molar-refractivity contribution in [1.29, 1.82) is 0 Å². The lowest BCUT2D eigenvalue weighted by Gasteiger charge is -2.27. The van der Waals surface area contributed by atoms with Gasteiger partial charge in [-0.1, -0.05) is 23.8 Å². The highest BCUT2D eigenvalue weighted by atomic mass is 35.5. The van der Waals surface area contributed by atoms with Crippen LogP contribution in [0, 0.1) is 5.92 Å². The zero-order chi connectivity index (χ0) is 8.48. The first-order valence-corrected chi connectivity index (χ1v) is 4.18. The number of allylic oxidation sites excluding steroid dienone is 3. The van der Waals surface area contributed by atoms with Gasteiger partial charge in [0, 0.05) is 11.0 Å². The van der Waals surface area contributed by atoms with Crippen LogP contribution in [0.15, 0.2) is 23.3 Å². The summed E-state index contributed by atoms with van der Waals surface area (Å²) >= 11 is 11.8. The molecule has 11 heavy (non-hydrogen) atoms. The molecule has 1 nitrogen and oxygen atoms in total. The van der Waals surface area contributed by atoms with Gasteiger partial charge in [-0.15, -0.1) is 11.6 Å². The van der Waals surface area contributed by atoms with E-state index in [9.17, 15) is 0 Å². The van der Waals surface area contributed by atoms with Gasteiger partial charge in [0.1, 0.15) is 0 Å². The molecule has 1 rings (SSSR count). The zero-order valence-corrected chi connectivity index (χ0v) is 7.73. The molecule has 1 N–H and O–H groups in total. The average molecular weight is 193 g/mol. The first-order chi connectivity index (χ1) is 5.06. The molecule has 0 saturated heterocycles. The molecule has 0 heterocycles. The molecule has 1 aliphatic carbocycles. The Morgan fingerprint density at radius 2 is 2.36 bits per heavy atom. The van der Waals surface area contributed by atoms with Crippen molar-refractivity contribution in [3.8, 4) is 0 Å². The average Bonchev–Trinajstić information content (AvgIpc) is 1.94. The fourth-order valence-electron chi connectivity index (χ4n) is 1.01. The molecule has 0 bridgehead atoms. The maximum Gasteiger partial charge on any atom is 0.0686 e. The van der Waals surface area contributed by atoms with Gasteiger partial charge in [-0.25, -0.2) is 0 Å². The van der Waals surface area contributed by atoms with Gasteiger partial charge in [0.25, 0.3) is 0 Å². The highest BCUT2D eigenvalue weighted by molar-refractivity contribution is 6.32. The minimum absolute atomic E-state index is 0.0283. The third-order valence-electron chi connectivity index (χ3n) is 1.85. The second-order valence-corrected chi connectivity index (χ2v) is 4.08. The topological polar surface area (TPSA) is 20.2 Å². The Balaban J connectivity index is 2.84. The number of hydrogen-bond donors (Lipinski definition) is 1. The Kier molecular flexibility index (Phi) is 2.63. The highest BCUT2D eigenvalue weighted by Gasteiger charge is 2.29. The summed E-state index contributed by atoms with van der Waals surface area (Å²) in [5.74, 6) is -0.0818. The number of hydrogen-bond acceptors (Lipinski definition) is 1. The van der Waals surface area contributed by atoms with E-state index in [2.05, 4.69) is 0 Å². The molecule has 0 aromatic carbocycles. The summed E-state index contributed by atoms with van der Waals surface area (Å²) in [5.41, 5.74) is 0. The molecule has 62 valence electrons. The summed E-state index contributed by atoms with van der Waals surface area (Å²) in [4.78, 5) is -0.493. The van der Waals surface area contributed by atoms with Gasteiger partial charge in [0.2, 0.25) is 0 Å². The van der Waals surface area contributed by atoms with E-state index in [0.29, 0.717) is 5.03 Å². The van der Waals surface area contributed by atoms with Crippen LogP contribution < -0.4 is 0 Å². The number of halogens is 2. The van der Waals surface area contributed by atoms with Crippen LogP contribution in [-0.2, 0) is 0 Å². The molecule has 0 fully saturated rings. The van der Waals surface area contributed by atoms with Crippen LogP contribution in [0.1, 0.15) is 6.92 Å². The van der Waals surface area contributed by atoms with Crippen LogP contribution in [-0.4, -0.2) is 16.6 Å². The fourth-order valence-corrected chi connectivity index (χ4v) is 1.42. The maximum atomic E-state index is 8.92. The van der Waals surface area contributed by atoms with Gasteiger partial charge < -0.3 is 5.11 Å². The Morgan fingerprint density at radius 3 is 2.82 bits per heavy atom. The van der Waals surface area contributed by atoms with Crippen LogP contribution in [0.5, 0.6) is 0 Å². The standard InChI is InChI=1S/C8H10Cl2O/c1-8(10)3-2-7(9)4-6(8)5-11/h2-4,6,11H,5H2,1H3/t6-,8+/m0/s1. The van der Waals surface area contributed by atoms with Crippen LogP contribution in [0.4, 0.5) is 0 Å². The van der Waals surface area contributed by atoms with E-state index in [-0.39, 0.29) is 12.5 Å². The lowest BCUT2D eigenvalue weighted by Crippen LogP contribution is -2.29. The van der Waals surface area contributed by atoms with E-state index in [4.69, 9.17) is 28.3 Å². The lowest BCUT2D eigenvalue weighted by molar-refractivity contribution is 0.236. The second-order valence-electron chi connectivity index (χ2n) is 2.83. The molecule has 0 amide bonds. The summed E-state index contributed by atoms with van der Waals surface area (Å²) in [6.07, 6.45) is 5.33. The third-order valence-corrected chi connectivity index (χ3v) is 2.51. The number of aliphatic hydroxyl groups is 1. The monoisotopic (exact) mass is 192 g/mol. The molecule has 2 atom stereocenters. The fraction of sp³-hybridized carbons (Fsp3) is 0.500. The van der Waals surface area contributed by atoms with Crippen LogP contribution in [0.3, 0.4) is 0 Å².